The van der Waals surface area contributed by atoms with Crippen LogP contribution in [0.25, 0.3) is 10.3 Å². The van der Waals surface area contributed by atoms with Crippen LogP contribution in [0, 0.1) is 0 Å². The Hall–Kier alpha value is -1.86. The maximum absolute atomic E-state index is 12.2. The number of benzene rings is 1. The van der Waals surface area contributed by atoms with Crippen molar-refractivity contribution in [2.45, 2.75) is 13.5 Å². The van der Waals surface area contributed by atoms with Crippen molar-refractivity contribution in [1.29, 1.82) is 0 Å². The first-order valence-electron chi connectivity index (χ1n) is 7.08. The number of halogens is 1. The van der Waals surface area contributed by atoms with Crippen LogP contribution in [-0.4, -0.2) is 29.2 Å². The van der Waals surface area contributed by atoms with Gasteiger partial charge in [0.1, 0.15) is 21.8 Å². The molecule has 7 heteroatoms. The maximum Gasteiger partial charge on any atom is 0.355 e. The zero-order valence-corrected chi connectivity index (χ0v) is 15.1. The van der Waals surface area contributed by atoms with Crippen LogP contribution in [0.2, 0.25) is 0 Å². The standard InChI is InChI=1S/C16H15BrN2O3S/c1-3-22-15(20)13-8-12-14(23-16(17)18-12)19(13)9-10-4-6-11(21-2)7-5-10/h4-8H,3,9H2,1-2H3. The number of ether oxygens (including phenoxy) is 2. The Balaban J connectivity index is 2.01. The maximum atomic E-state index is 12.2. The molecule has 3 aromatic rings. The molecule has 1 aromatic carbocycles. The van der Waals surface area contributed by atoms with E-state index in [2.05, 4.69) is 20.9 Å². The molecule has 2 aromatic heterocycles. The van der Waals surface area contributed by atoms with E-state index >= 15 is 0 Å². The number of methoxy groups -OCH3 is 1. The van der Waals surface area contributed by atoms with Crippen LogP contribution in [-0.2, 0) is 11.3 Å². The Morgan fingerprint density at radius 2 is 2.09 bits per heavy atom. The van der Waals surface area contributed by atoms with Crippen molar-refractivity contribution in [2.24, 2.45) is 0 Å². The van der Waals surface area contributed by atoms with Gasteiger partial charge in [-0.15, -0.1) is 0 Å². The minimum absolute atomic E-state index is 0.331. The van der Waals surface area contributed by atoms with Crippen LogP contribution in [0.3, 0.4) is 0 Å². The second kappa shape index (κ2) is 6.72. The van der Waals surface area contributed by atoms with E-state index in [1.165, 1.54) is 11.3 Å². The third kappa shape index (κ3) is 3.25. The van der Waals surface area contributed by atoms with Gasteiger partial charge in [-0.2, -0.15) is 0 Å². The van der Waals surface area contributed by atoms with Gasteiger partial charge in [0.05, 0.1) is 13.7 Å². The van der Waals surface area contributed by atoms with Gasteiger partial charge in [0.15, 0.2) is 3.92 Å². The van der Waals surface area contributed by atoms with Crippen molar-refractivity contribution < 1.29 is 14.3 Å². The zero-order valence-electron chi connectivity index (χ0n) is 12.7. The summed E-state index contributed by atoms with van der Waals surface area (Å²) in [4.78, 5) is 17.5. The first kappa shape index (κ1) is 16.0. The quantitative estimate of drug-likeness (QED) is 0.611. The van der Waals surface area contributed by atoms with E-state index in [9.17, 15) is 4.79 Å². The van der Waals surface area contributed by atoms with E-state index in [-0.39, 0.29) is 5.97 Å². The number of hydrogen-bond donors (Lipinski definition) is 0. The molecule has 0 unspecified atom stereocenters. The smallest absolute Gasteiger partial charge is 0.355 e. The minimum Gasteiger partial charge on any atom is -0.497 e. The zero-order chi connectivity index (χ0) is 16.4. The van der Waals surface area contributed by atoms with Gasteiger partial charge in [-0.25, -0.2) is 9.78 Å². The van der Waals surface area contributed by atoms with Gasteiger partial charge in [0.2, 0.25) is 0 Å². The number of rotatable bonds is 5. The van der Waals surface area contributed by atoms with Gasteiger partial charge < -0.3 is 14.0 Å². The summed E-state index contributed by atoms with van der Waals surface area (Å²) in [5, 5.41) is 0. The Morgan fingerprint density at radius 3 is 2.74 bits per heavy atom. The average molecular weight is 395 g/mol. The third-order valence-electron chi connectivity index (χ3n) is 3.40. The van der Waals surface area contributed by atoms with Crippen molar-refractivity contribution in [3.05, 3.63) is 45.5 Å². The number of carbonyl (C=O) groups is 1. The second-order valence-electron chi connectivity index (χ2n) is 4.84. The van der Waals surface area contributed by atoms with Crippen LogP contribution in [0.4, 0.5) is 0 Å². The van der Waals surface area contributed by atoms with E-state index in [0.717, 1.165) is 25.6 Å². The molecule has 0 aliphatic heterocycles. The minimum atomic E-state index is -0.331. The molecule has 0 bridgehead atoms. The molecule has 0 saturated heterocycles. The van der Waals surface area contributed by atoms with Crippen molar-refractivity contribution >= 4 is 43.6 Å². The second-order valence-corrected chi connectivity index (χ2v) is 7.10. The molecule has 0 radical (unpaired) electrons. The highest BCUT2D eigenvalue weighted by Crippen LogP contribution is 2.30. The summed E-state index contributed by atoms with van der Waals surface area (Å²) in [7, 11) is 1.64. The van der Waals surface area contributed by atoms with Gasteiger partial charge in [0.25, 0.3) is 0 Å². The fraction of sp³-hybridized carbons (Fsp3) is 0.250. The number of aromatic nitrogens is 2. The molecular formula is C16H15BrN2O3S. The van der Waals surface area contributed by atoms with Crippen molar-refractivity contribution in [1.82, 2.24) is 9.55 Å². The van der Waals surface area contributed by atoms with Gasteiger partial charge >= 0.3 is 5.97 Å². The first-order chi connectivity index (χ1) is 11.1. The molecule has 0 aliphatic carbocycles. The molecular weight excluding hydrogens is 380 g/mol. The highest BCUT2D eigenvalue weighted by molar-refractivity contribution is 9.11. The van der Waals surface area contributed by atoms with E-state index in [1.54, 1.807) is 20.1 Å². The number of esters is 1. The van der Waals surface area contributed by atoms with Crippen LogP contribution in [0.1, 0.15) is 23.0 Å². The fourth-order valence-corrected chi connectivity index (χ4v) is 3.78. The highest BCUT2D eigenvalue weighted by Gasteiger charge is 2.19. The fourth-order valence-electron chi connectivity index (χ4n) is 2.35. The summed E-state index contributed by atoms with van der Waals surface area (Å²) in [6.07, 6.45) is 0. The lowest BCUT2D eigenvalue weighted by Crippen LogP contribution is -2.12. The van der Waals surface area contributed by atoms with Gasteiger partial charge in [-0.3, -0.25) is 0 Å². The van der Waals surface area contributed by atoms with E-state index in [0.29, 0.717) is 18.8 Å². The molecule has 23 heavy (non-hydrogen) atoms. The number of nitrogens with zero attached hydrogens (tertiary/aromatic N) is 2. The number of fused-ring (bicyclic) bond motifs is 1. The summed E-state index contributed by atoms with van der Waals surface area (Å²) in [5.41, 5.74) is 2.38. The van der Waals surface area contributed by atoms with Crippen molar-refractivity contribution in [3.8, 4) is 5.75 Å². The molecule has 5 nitrogen and oxygen atoms in total. The number of thiazole rings is 1. The summed E-state index contributed by atoms with van der Waals surface area (Å²) < 4.78 is 13.1. The highest BCUT2D eigenvalue weighted by atomic mass is 79.9. The third-order valence-corrected chi connectivity index (χ3v) is 4.95. The normalized spacial score (nSPS) is 10.9. The first-order valence-corrected chi connectivity index (χ1v) is 8.69. The Morgan fingerprint density at radius 1 is 1.35 bits per heavy atom. The largest absolute Gasteiger partial charge is 0.497 e. The lowest BCUT2D eigenvalue weighted by Gasteiger charge is -2.10. The predicted octanol–water partition coefficient (Wildman–Crippen LogP) is 4.09. The monoisotopic (exact) mass is 394 g/mol. The van der Waals surface area contributed by atoms with Gasteiger partial charge in [-0.05, 0) is 46.6 Å². The average Bonchev–Trinajstić information content (AvgIpc) is 3.06. The topological polar surface area (TPSA) is 53.3 Å². The predicted molar refractivity (Wildman–Crippen MR) is 93.4 cm³/mol. The molecule has 0 atom stereocenters. The van der Waals surface area contributed by atoms with Crippen LogP contribution >= 0.6 is 27.3 Å². The molecule has 0 aliphatic rings. The van der Waals surface area contributed by atoms with E-state index < -0.39 is 0 Å². The van der Waals surface area contributed by atoms with Crippen molar-refractivity contribution in [3.63, 3.8) is 0 Å². The summed E-state index contributed by atoms with van der Waals surface area (Å²) in [6.45, 7) is 2.71. The van der Waals surface area contributed by atoms with Crippen LogP contribution in [0.15, 0.2) is 34.2 Å². The molecule has 0 fully saturated rings. The van der Waals surface area contributed by atoms with Gasteiger partial charge in [-0.1, -0.05) is 23.5 Å². The summed E-state index contributed by atoms with van der Waals surface area (Å²) >= 11 is 4.89. The van der Waals surface area contributed by atoms with Gasteiger partial charge in [0, 0.05) is 6.54 Å². The van der Waals surface area contributed by atoms with Crippen LogP contribution in [0.5, 0.6) is 5.75 Å². The molecule has 0 N–H and O–H groups in total. The Bertz CT molecular complexity index is 839. The molecule has 0 saturated carbocycles. The summed E-state index contributed by atoms with van der Waals surface area (Å²) in [6, 6.07) is 9.55. The Labute approximate surface area is 146 Å². The summed E-state index contributed by atoms with van der Waals surface area (Å²) in [5.74, 6) is 0.472. The SMILES string of the molecule is CCOC(=O)c1cc2nc(Br)sc2n1Cc1ccc(OC)cc1. The molecule has 0 amide bonds. The van der Waals surface area contributed by atoms with E-state index in [1.807, 2.05) is 28.8 Å². The van der Waals surface area contributed by atoms with Crippen LogP contribution < -0.4 is 4.74 Å². The lowest BCUT2D eigenvalue weighted by atomic mass is 10.2. The lowest BCUT2D eigenvalue weighted by molar-refractivity contribution is 0.0515. The number of carbonyl (C=O) groups excluding carboxylic acids is 1. The molecule has 0 spiro atoms. The molecule has 2 heterocycles. The molecule has 3 rings (SSSR count). The number of hydrogen-bond acceptors (Lipinski definition) is 5. The van der Waals surface area contributed by atoms with E-state index in [4.69, 9.17) is 9.47 Å². The molecule has 120 valence electrons. The Kier molecular flexibility index (Phi) is 4.68. The van der Waals surface area contributed by atoms with Crippen molar-refractivity contribution in [2.75, 3.05) is 13.7 Å².